The summed E-state index contributed by atoms with van der Waals surface area (Å²) < 4.78 is 41.0. The number of allylic oxidation sites excluding steroid dienone is 4. The second-order valence-corrected chi connectivity index (χ2v) is 18.5. The predicted molar refractivity (Wildman–Crippen MR) is 232 cm³/mol. The van der Waals surface area contributed by atoms with Gasteiger partial charge in [0.25, 0.3) is 0 Å². The Hall–Kier alpha value is -4.03. The number of carbonyl (C=O) groups is 5. The van der Waals surface area contributed by atoms with E-state index in [-0.39, 0.29) is 57.1 Å². The van der Waals surface area contributed by atoms with E-state index in [0.29, 0.717) is 5.57 Å². The summed E-state index contributed by atoms with van der Waals surface area (Å²) in [4.78, 5) is 66.2. The molecule has 0 aromatic carbocycles. The summed E-state index contributed by atoms with van der Waals surface area (Å²) in [5.41, 5.74) is -1.99. The van der Waals surface area contributed by atoms with Crippen molar-refractivity contribution in [1.82, 2.24) is 0 Å². The molecule has 3 saturated heterocycles. The van der Waals surface area contributed by atoms with Gasteiger partial charge in [0.05, 0.1) is 69.1 Å². The minimum Gasteiger partial charge on any atom is -0.466 e. The highest BCUT2D eigenvalue weighted by molar-refractivity contribution is 5.96. The van der Waals surface area contributed by atoms with Crippen LogP contribution < -0.4 is 0 Å². The molecule has 5 rings (SSSR count). The number of aliphatic hydroxyl groups excluding tert-OH is 2. The molecule has 11 atom stereocenters. The third kappa shape index (κ3) is 12.9. The van der Waals surface area contributed by atoms with Crippen LogP contribution in [0.15, 0.2) is 59.8 Å². The van der Waals surface area contributed by atoms with Gasteiger partial charge in [-0.15, -0.1) is 0 Å². The van der Waals surface area contributed by atoms with Gasteiger partial charge >= 0.3 is 23.9 Å². The Kier molecular flexibility index (Phi) is 18.4. The summed E-state index contributed by atoms with van der Waals surface area (Å²) in [7, 11) is 2.43. The summed E-state index contributed by atoms with van der Waals surface area (Å²) in [6, 6.07) is 0. The maximum atomic E-state index is 14.3. The zero-order chi connectivity index (χ0) is 47.6. The fraction of sp³-hybridized carbons (Fsp3) is 0.688. The largest absolute Gasteiger partial charge is 0.466 e. The quantitative estimate of drug-likeness (QED) is 0.0759. The first kappa shape index (κ1) is 52.6. The van der Waals surface area contributed by atoms with Crippen molar-refractivity contribution < 1.29 is 77.6 Å². The Balaban J connectivity index is 1.91. The number of ether oxygens (including phenoxy) is 7. The van der Waals surface area contributed by atoms with Gasteiger partial charge in [-0.3, -0.25) is 14.4 Å². The summed E-state index contributed by atoms with van der Waals surface area (Å²) >= 11 is 0. The van der Waals surface area contributed by atoms with Crippen molar-refractivity contribution in [1.29, 1.82) is 0 Å². The number of aliphatic hydroxyl groups is 4. The second kappa shape index (κ2) is 22.4. The molecule has 7 unspecified atom stereocenters. The standard InChI is InChI=1S/C48H70O16/c1-10-12-13-14-15-16-37(51)43-31(24-41(54)59-9)23-35-26-38(29(3)49)62-42(55)25-33(50)22-32-28-60-47(56,46(6,7)44(32)63-39(52)11-2)27-36-20-30(21-40(53)58-8)19-34(61-36)17-18-45(4,5)48(43,57)64-35/h13-18,21,24,29,32-36,38,43-44,49-50,56-57H,10-12,19-20,22-23,25-28H2,1-9H3/b14-13+,16-15+,18-17-,30-21+,31-24+/t29?,32?,33?,34?,35?,36-,38?,43?,44-,47-,48-/m0/s1. The fourth-order valence-electron chi connectivity index (χ4n) is 9.05. The number of methoxy groups -OCH3 is 2. The van der Waals surface area contributed by atoms with Crippen LogP contribution in [0.5, 0.6) is 0 Å². The summed E-state index contributed by atoms with van der Waals surface area (Å²) in [5, 5.41) is 47.7. The number of ketones is 1. The van der Waals surface area contributed by atoms with Crippen LogP contribution >= 0.6 is 0 Å². The lowest BCUT2D eigenvalue weighted by molar-refractivity contribution is -0.341. The highest BCUT2D eigenvalue weighted by Crippen LogP contribution is 2.51. The van der Waals surface area contributed by atoms with E-state index in [1.54, 1.807) is 58.9 Å². The minimum atomic E-state index is -2.40. The molecule has 4 N–H and O–H groups in total. The molecule has 0 radical (unpaired) electrons. The van der Waals surface area contributed by atoms with E-state index in [1.165, 1.54) is 33.3 Å². The lowest BCUT2D eigenvalue weighted by atomic mass is 9.67. The van der Waals surface area contributed by atoms with E-state index in [1.807, 2.05) is 13.0 Å². The normalized spacial score (nSPS) is 35.9. The second-order valence-electron chi connectivity index (χ2n) is 18.5. The zero-order valence-electron chi connectivity index (χ0n) is 38.8. The first-order chi connectivity index (χ1) is 30.0. The molecular weight excluding hydrogens is 833 g/mol. The first-order valence-electron chi connectivity index (χ1n) is 22.3. The molecule has 5 aliphatic rings. The smallest absolute Gasteiger partial charge is 0.330 e. The van der Waals surface area contributed by atoms with Crippen molar-refractivity contribution in [2.75, 3.05) is 20.8 Å². The van der Waals surface area contributed by atoms with Gasteiger partial charge < -0.3 is 53.6 Å². The van der Waals surface area contributed by atoms with Gasteiger partial charge in [-0.2, -0.15) is 0 Å². The van der Waals surface area contributed by atoms with Gasteiger partial charge in [-0.25, -0.2) is 9.59 Å². The SMILES string of the molecule is CCC/C=C/C=C/C(=O)C1/C(=C/C(=O)OC)CC2CC(C(C)O)OC(=O)CC(O)CC3CO[C@@](O)(C[C@@H]4C/C(=C/C(=O)OC)CC(/C=C\C(C)(C)[C@@]1(O)O2)O4)C(C)(C)[C@H]3OC(=O)CC. The summed E-state index contributed by atoms with van der Waals surface area (Å²) in [6.07, 6.45) is 5.76. The molecule has 16 heteroatoms. The third-order valence-corrected chi connectivity index (χ3v) is 12.8. The van der Waals surface area contributed by atoms with Crippen LogP contribution in [0.1, 0.15) is 113 Å². The van der Waals surface area contributed by atoms with E-state index in [4.69, 9.17) is 33.2 Å². The Morgan fingerprint density at radius 2 is 1.62 bits per heavy atom. The van der Waals surface area contributed by atoms with E-state index in [9.17, 15) is 44.4 Å². The van der Waals surface area contributed by atoms with E-state index in [2.05, 4.69) is 0 Å². The number of rotatable bonds is 10. The molecule has 0 aromatic rings. The molecule has 0 saturated carbocycles. The molecule has 6 bridgehead atoms. The minimum absolute atomic E-state index is 0.0355. The lowest BCUT2D eigenvalue weighted by Gasteiger charge is -2.54. The molecule has 64 heavy (non-hydrogen) atoms. The monoisotopic (exact) mass is 902 g/mol. The van der Waals surface area contributed by atoms with Gasteiger partial charge in [-0.1, -0.05) is 83.9 Å². The molecule has 358 valence electrons. The van der Waals surface area contributed by atoms with Gasteiger partial charge in [0.1, 0.15) is 12.2 Å². The van der Waals surface area contributed by atoms with Crippen LogP contribution in [0.4, 0.5) is 0 Å². The molecule has 0 aromatic heterocycles. The Labute approximate surface area is 376 Å². The Morgan fingerprint density at radius 1 is 0.938 bits per heavy atom. The van der Waals surface area contributed by atoms with Crippen LogP contribution in [0.2, 0.25) is 0 Å². The molecule has 0 amide bonds. The van der Waals surface area contributed by atoms with E-state index < -0.39 is 113 Å². The molecule has 0 aliphatic carbocycles. The van der Waals surface area contributed by atoms with E-state index in [0.717, 1.165) is 18.9 Å². The molecule has 3 fully saturated rings. The number of hydrogen-bond donors (Lipinski definition) is 4. The van der Waals surface area contributed by atoms with Crippen molar-refractivity contribution in [2.24, 2.45) is 22.7 Å². The van der Waals surface area contributed by atoms with Crippen LogP contribution in [0, 0.1) is 22.7 Å². The van der Waals surface area contributed by atoms with Crippen LogP contribution in [-0.2, 0) is 57.1 Å². The number of fused-ring (bicyclic) bond motifs is 9. The number of esters is 4. The van der Waals surface area contributed by atoms with Crippen molar-refractivity contribution >= 4 is 29.7 Å². The third-order valence-electron chi connectivity index (χ3n) is 12.8. The van der Waals surface area contributed by atoms with Crippen molar-refractivity contribution in [3.8, 4) is 0 Å². The van der Waals surface area contributed by atoms with Crippen molar-refractivity contribution in [3.05, 3.63) is 59.8 Å². The fourth-order valence-corrected chi connectivity index (χ4v) is 9.05. The Bertz CT molecular complexity index is 1820. The molecule has 5 heterocycles. The first-order valence-corrected chi connectivity index (χ1v) is 22.3. The number of unbranched alkanes of at least 4 members (excludes halogenated alkanes) is 1. The van der Waals surface area contributed by atoms with Gasteiger partial charge in [0.2, 0.25) is 0 Å². The molecule has 0 spiro atoms. The summed E-state index contributed by atoms with van der Waals surface area (Å²) in [6.45, 7) is 11.5. The molecular formula is C48H70O16. The number of hydrogen-bond acceptors (Lipinski definition) is 16. The zero-order valence-corrected chi connectivity index (χ0v) is 38.8. The highest BCUT2D eigenvalue weighted by atomic mass is 16.6. The maximum absolute atomic E-state index is 14.3. The molecule has 16 nitrogen and oxygen atoms in total. The lowest BCUT2D eigenvalue weighted by Crippen LogP contribution is -2.63. The van der Waals surface area contributed by atoms with E-state index >= 15 is 0 Å². The average Bonchev–Trinajstić information content (AvgIpc) is 3.21. The topological polar surface area (TPSA) is 231 Å². The Morgan fingerprint density at radius 3 is 2.27 bits per heavy atom. The van der Waals surface area contributed by atoms with Crippen molar-refractivity contribution in [2.45, 2.75) is 167 Å². The van der Waals surface area contributed by atoms with Crippen LogP contribution in [0.25, 0.3) is 0 Å². The van der Waals surface area contributed by atoms with Gasteiger partial charge in [0, 0.05) is 42.7 Å². The predicted octanol–water partition coefficient (Wildman–Crippen LogP) is 4.80. The van der Waals surface area contributed by atoms with Crippen LogP contribution in [-0.4, -0.2) is 125 Å². The average molecular weight is 903 g/mol. The van der Waals surface area contributed by atoms with Gasteiger partial charge in [-0.05, 0) is 50.7 Å². The number of carbonyl (C=O) groups excluding carboxylic acids is 5. The summed E-state index contributed by atoms with van der Waals surface area (Å²) in [5.74, 6) is -9.90. The maximum Gasteiger partial charge on any atom is 0.330 e. The van der Waals surface area contributed by atoms with Gasteiger partial charge in [0.15, 0.2) is 17.4 Å². The highest BCUT2D eigenvalue weighted by Gasteiger charge is 2.60. The van der Waals surface area contributed by atoms with Crippen LogP contribution in [0.3, 0.4) is 0 Å². The van der Waals surface area contributed by atoms with Crippen molar-refractivity contribution in [3.63, 3.8) is 0 Å². The molecule has 5 aliphatic heterocycles.